The molecule has 0 radical (unpaired) electrons. The maximum Gasteiger partial charge on any atom is 0.124 e. The first-order valence-corrected chi connectivity index (χ1v) is 5.45. The second-order valence-electron chi connectivity index (χ2n) is 3.52. The highest BCUT2D eigenvalue weighted by Crippen LogP contribution is 2.25. The zero-order valence-corrected chi connectivity index (χ0v) is 9.45. The van der Waals surface area contributed by atoms with Crippen LogP contribution in [-0.4, -0.2) is 13.9 Å². The first kappa shape index (κ1) is 10.3. The highest BCUT2D eigenvalue weighted by Gasteiger charge is 2.15. The van der Waals surface area contributed by atoms with Crippen LogP contribution >= 0.6 is 11.7 Å². The van der Waals surface area contributed by atoms with E-state index in [2.05, 4.69) is 8.75 Å². The Balaban J connectivity index is 2.42. The summed E-state index contributed by atoms with van der Waals surface area (Å²) in [6.45, 7) is 4.04. The van der Waals surface area contributed by atoms with Gasteiger partial charge in [0.05, 0.1) is 17.9 Å². The average molecular weight is 220 g/mol. The summed E-state index contributed by atoms with van der Waals surface area (Å²) in [4.78, 5) is 0. The van der Waals surface area contributed by atoms with E-state index >= 15 is 0 Å². The molecule has 2 rings (SSSR count). The number of aliphatic hydroxyl groups is 1. The van der Waals surface area contributed by atoms with Gasteiger partial charge in [0, 0.05) is 0 Å². The molecule has 0 aliphatic heterocycles. The minimum atomic E-state index is -0.663. The molecule has 0 fully saturated rings. The molecule has 1 aromatic heterocycles. The van der Waals surface area contributed by atoms with Gasteiger partial charge in [-0.05, 0) is 30.5 Å². The molecule has 0 bridgehead atoms. The second kappa shape index (κ2) is 4.08. The molecular formula is C11H12N2OS. The SMILES string of the molecule is Cc1cccc(C(O)c2cnsn2)c1C. The molecule has 1 atom stereocenters. The van der Waals surface area contributed by atoms with Crippen molar-refractivity contribution >= 4 is 11.7 Å². The summed E-state index contributed by atoms with van der Waals surface area (Å²) in [6, 6.07) is 5.90. The van der Waals surface area contributed by atoms with Gasteiger partial charge in [0.2, 0.25) is 0 Å². The normalized spacial score (nSPS) is 12.7. The van der Waals surface area contributed by atoms with Crippen molar-refractivity contribution in [3.63, 3.8) is 0 Å². The summed E-state index contributed by atoms with van der Waals surface area (Å²) >= 11 is 1.11. The number of rotatable bonds is 2. The van der Waals surface area contributed by atoms with Gasteiger partial charge < -0.3 is 5.11 Å². The van der Waals surface area contributed by atoms with Crippen LogP contribution in [0.15, 0.2) is 24.4 Å². The van der Waals surface area contributed by atoms with Crippen LogP contribution in [0.4, 0.5) is 0 Å². The number of aliphatic hydroxyl groups excluding tert-OH is 1. The molecule has 1 unspecified atom stereocenters. The molecule has 78 valence electrons. The molecule has 0 saturated heterocycles. The lowest BCUT2D eigenvalue weighted by Crippen LogP contribution is -2.03. The van der Waals surface area contributed by atoms with Crippen LogP contribution < -0.4 is 0 Å². The van der Waals surface area contributed by atoms with Gasteiger partial charge in [-0.2, -0.15) is 8.75 Å². The fraction of sp³-hybridized carbons (Fsp3) is 0.273. The van der Waals surface area contributed by atoms with Gasteiger partial charge in [0.15, 0.2) is 0 Å². The zero-order chi connectivity index (χ0) is 10.8. The Kier molecular flexibility index (Phi) is 2.79. The summed E-state index contributed by atoms with van der Waals surface area (Å²) in [5, 5.41) is 10.1. The highest BCUT2D eigenvalue weighted by molar-refractivity contribution is 6.99. The highest BCUT2D eigenvalue weighted by atomic mass is 32.1. The number of benzene rings is 1. The molecular weight excluding hydrogens is 208 g/mol. The Bertz CT molecular complexity index is 454. The largest absolute Gasteiger partial charge is 0.382 e. The van der Waals surface area contributed by atoms with Gasteiger partial charge in [-0.15, -0.1) is 0 Å². The molecule has 0 amide bonds. The molecule has 0 spiro atoms. The first-order valence-electron chi connectivity index (χ1n) is 4.72. The molecule has 0 aliphatic rings. The minimum absolute atomic E-state index is 0.619. The van der Waals surface area contributed by atoms with Crippen molar-refractivity contribution in [2.45, 2.75) is 20.0 Å². The number of nitrogens with zero attached hydrogens (tertiary/aromatic N) is 2. The summed E-state index contributed by atoms with van der Waals surface area (Å²) in [5.41, 5.74) is 3.81. The molecule has 4 heteroatoms. The van der Waals surface area contributed by atoms with Gasteiger partial charge in [0.25, 0.3) is 0 Å². The number of hydrogen-bond donors (Lipinski definition) is 1. The third-order valence-electron chi connectivity index (χ3n) is 2.60. The quantitative estimate of drug-likeness (QED) is 0.844. The minimum Gasteiger partial charge on any atom is -0.382 e. The second-order valence-corrected chi connectivity index (χ2v) is 4.08. The van der Waals surface area contributed by atoms with Crippen molar-refractivity contribution in [2.75, 3.05) is 0 Å². The molecule has 15 heavy (non-hydrogen) atoms. The van der Waals surface area contributed by atoms with Crippen molar-refractivity contribution in [1.82, 2.24) is 8.75 Å². The summed E-state index contributed by atoms with van der Waals surface area (Å²) < 4.78 is 7.94. The van der Waals surface area contributed by atoms with Crippen molar-refractivity contribution in [3.8, 4) is 0 Å². The van der Waals surface area contributed by atoms with Crippen LogP contribution in [0, 0.1) is 13.8 Å². The van der Waals surface area contributed by atoms with E-state index in [9.17, 15) is 5.11 Å². The van der Waals surface area contributed by atoms with Crippen LogP contribution in [0.25, 0.3) is 0 Å². The Morgan fingerprint density at radius 2 is 2.13 bits per heavy atom. The lowest BCUT2D eigenvalue weighted by molar-refractivity contribution is 0.215. The summed E-state index contributed by atoms with van der Waals surface area (Å²) in [6.07, 6.45) is 0.945. The Morgan fingerprint density at radius 3 is 2.80 bits per heavy atom. The topological polar surface area (TPSA) is 46.0 Å². The van der Waals surface area contributed by atoms with E-state index in [1.54, 1.807) is 6.20 Å². The standard InChI is InChI=1S/C11H12N2OS/c1-7-4-3-5-9(8(7)2)11(14)10-6-12-15-13-10/h3-6,11,14H,1-2H3. The van der Waals surface area contributed by atoms with Gasteiger partial charge in [0.1, 0.15) is 11.8 Å². The predicted molar refractivity (Wildman–Crippen MR) is 59.9 cm³/mol. The van der Waals surface area contributed by atoms with E-state index in [0.717, 1.165) is 22.9 Å². The molecule has 0 saturated carbocycles. The third kappa shape index (κ3) is 1.91. The number of hydrogen-bond acceptors (Lipinski definition) is 4. The van der Waals surface area contributed by atoms with Crippen LogP contribution in [0.2, 0.25) is 0 Å². The number of aryl methyl sites for hydroxylation is 1. The third-order valence-corrected chi connectivity index (χ3v) is 3.09. The van der Waals surface area contributed by atoms with Gasteiger partial charge >= 0.3 is 0 Å². The van der Waals surface area contributed by atoms with Crippen LogP contribution in [0.5, 0.6) is 0 Å². The van der Waals surface area contributed by atoms with E-state index < -0.39 is 6.10 Å². The van der Waals surface area contributed by atoms with Crippen molar-refractivity contribution < 1.29 is 5.11 Å². The molecule has 1 N–H and O–H groups in total. The Hall–Kier alpha value is -1.26. The van der Waals surface area contributed by atoms with Gasteiger partial charge in [-0.1, -0.05) is 18.2 Å². The molecule has 1 heterocycles. The lowest BCUT2D eigenvalue weighted by atomic mass is 9.98. The van der Waals surface area contributed by atoms with Crippen LogP contribution in [0.1, 0.15) is 28.5 Å². The fourth-order valence-corrected chi connectivity index (χ4v) is 1.97. The van der Waals surface area contributed by atoms with Gasteiger partial charge in [-0.3, -0.25) is 0 Å². The fourth-order valence-electron chi connectivity index (χ4n) is 1.52. The first-order chi connectivity index (χ1) is 7.20. The van der Waals surface area contributed by atoms with E-state index in [-0.39, 0.29) is 0 Å². The smallest absolute Gasteiger partial charge is 0.124 e. The van der Waals surface area contributed by atoms with Crippen LogP contribution in [0.3, 0.4) is 0 Å². The van der Waals surface area contributed by atoms with Crippen molar-refractivity contribution in [2.24, 2.45) is 0 Å². The predicted octanol–water partition coefficient (Wildman–Crippen LogP) is 2.24. The molecule has 1 aromatic carbocycles. The molecule has 2 aromatic rings. The van der Waals surface area contributed by atoms with Crippen molar-refractivity contribution in [1.29, 1.82) is 0 Å². The Morgan fingerprint density at radius 1 is 1.33 bits per heavy atom. The molecule has 3 nitrogen and oxygen atoms in total. The monoisotopic (exact) mass is 220 g/mol. The van der Waals surface area contributed by atoms with E-state index in [0.29, 0.717) is 5.69 Å². The zero-order valence-electron chi connectivity index (χ0n) is 8.64. The Labute approximate surface area is 92.7 Å². The van der Waals surface area contributed by atoms with Crippen molar-refractivity contribution in [3.05, 3.63) is 46.8 Å². The lowest BCUT2D eigenvalue weighted by Gasteiger charge is -2.12. The van der Waals surface area contributed by atoms with Gasteiger partial charge in [-0.25, -0.2) is 0 Å². The maximum absolute atomic E-state index is 10.1. The van der Waals surface area contributed by atoms with E-state index in [1.165, 1.54) is 5.56 Å². The average Bonchev–Trinajstić information content (AvgIpc) is 2.74. The number of aromatic nitrogens is 2. The van der Waals surface area contributed by atoms with Crippen LogP contribution in [-0.2, 0) is 0 Å². The maximum atomic E-state index is 10.1. The molecule has 0 aliphatic carbocycles. The van der Waals surface area contributed by atoms with E-state index in [4.69, 9.17) is 0 Å². The van der Waals surface area contributed by atoms with E-state index in [1.807, 2.05) is 32.0 Å². The summed E-state index contributed by atoms with van der Waals surface area (Å²) in [7, 11) is 0. The summed E-state index contributed by atoms with van der Waals surface area (Å²) in [5.74, 6) is 0.